The maximum absolute atomic E-state index is 11.6. The van der Waals surface area contributed by atoms with Gasteiger partial charge in [0.05, 0.1) is 5.02 Å². The lowest BCUT2D eigenvalue weighted by Crippen LogP contribution is -2.36. The molecule has 1 aromatic rings. The van der Waals surface area contributed by atoms with Crippen LogP contribution in [0.2, 0.25) is 10.2 Å². The summed E-state index contributed by atoms with van der Waals surface area (Å²) in [6, 6.07) is 1.46. The normalized spacial score (nSPS) is 11.6. The van der Waals surface area contributed by atoms with Gasteiger partial charge in [0.25, 0.3) is 5.91 Å². The molecule has 4 nitrogen and oxygen atoms in total. The van der Waals surface area contributed by atoms with Crippen molar-refractivity contribution < 1.29 is 9.90 Å². The number of nitrogens with one attached hydrogen (secondary N) is 2. The number of rotatable bonds is 4. The van der Waals surface area contributed by atoms with Crippen molar-refractivity contribution in [1.82, 2.24) is 10.3 Å². The van der Waals surface area contributed by atoms with E-state index in [1.54, 1.807) is 0 Å². The van der Waals surface area contributed by atoms with Crippen molar-refractivity contribution in [2.24, 2.45) is 5.41 Å². The fraction of sp³-hybridized carbons (Fsp3) is 0.500. The van der Waals surface area contributed by atoms with Gasteiger partial charge in [-0.1, -0.05) is 37.0 Å². The number of halogens is 2. The Balaban J connectivity index is 2.60. The van der Waals surface area contributed by atoms with Gasteiger partial charge >= 0.3 is 0 Å². The first kappa shape index (κ1) is 13.4. The third-order valence-corrected chi connectivity index (χ3v) is 2.82. The predicted octanol–water partition coefficient (Wildman–Crippen LogP) is 2.07. The minimum absolute atomic E-state index is 0.000478. The van der Waals surface area contributed by atoms with E-state index in [2.05, 4.69) is 10.3 Å². The molecule has 0 saturated carbocycles. The summed E-state index contributed by atoms with van der Waals surface area (Å²) in [5, 5.41) is 12.3. The maximum Gasteiger partial charge on any atom is 0.267 e. The Morgan fingerprint density at radius 1 is 1.56 bits per heavy atom. The van der Waals surface area contributed by atoms with Crippen molar-refractivity contribution in [1.29, 1.82) is 0 Å². The molecule has 1 aromatic heterocycles. The molecule has 0 fully saturated rings. The van der Waals surface area contributed by atoms with E-state index in [1.165, 1.54) is 6.07 Å². The molecule has 3 N–H and O–H groups in total. The fourth-order valence-electron chi connectivity index (χ4n) is 0.997. The molecule has 6 heteroatoms. The van der Waals surface area contributed by atoms with Gasteiger partial charge in [0.2, 0.25) is 0 Å². The highest BCUT2D eigenvalue weighted by Crippen LogP contribution is 2.21. The van der Waals surface area contributed by atoms with Crippen LogP contribution in [0, 0.1) is 5.41 Å². The summed E-state index contributed by atoms with van der Waals surface area (Å²) >= 11 is 11.4. The molecular formula is C10H14Cl2N2O2. The summed E-state index contributed by atoms with van der Waals surface area (Å²) < 4.78 is 0. The van der Waals surface area contributed by atoms with E-state index >= 15 is 0 Å². The van der Waals surface area contributed by atoms with Crippen molar-refractivity contribution in [2.45, 2.75) is 13.8 Å². The van der Waals surface area contributed by atoms with Crippen LogP contribution in [0.25, 0.3) is 0 Å². The van der Waals surface area contributed by atoms with E-state index in [-0.39, 0.29) is 23.1 Å². The third kappa shape index (κ3) is 3.40. The van der Waals surface area contributed by atoms with Crippen LogP contribution in [0.1, 0.15) is 24.3 Å². The minimum Gasteiger partial charge on any atom is -0.396 e. The average molecular weight is 265 g/mol. The van der Waals surface area contributed by atoms with Crippen molar-refractivity contribution in [3.05, 3.63) is 21.9 Å². The van der Waals surface area contributed by atoms with E-state index in [9.17, 15) is 4.79 Å². The van der Waals surface area contributed by atoms with Crippen LogP contribution in [0.4, 0.5) is 0 Å². The lowest BCUT2D eigenvalue weighted by Gasteiger charge is -2.21. The number of H-pyrrole nitrogens is 1. The summed E-state index contributed by atoms with van der Waals surface area (Å²) in [5.41, 5.74) is -0.0423. The smallest absolute Gasteiger partial charge is 0.267 e. The monoisotopic (exact) mass is 264 g/mol. The number of aromatic nitrogens is 1. The van der Waals surface area contributed by atoms with Gasteiger partial charge in [-0.05, 0) is 6.07 Å². The van der Waals surface area contributed by atoms with E-state index in [4.69, 9.17) is 28.3 Å². The average Bonchev–Trinajstić information content (AvgIpc) is 2.56. The SMILES string of the molecule is CC(C)(CO)CNC(=O)c1cc(Cl)c(Cl)[nH]1. The summed E-state index contributed by atoms with van der Waals surface area (Å²) in [4.78, 5) is 14.3. The van der Waals surface area contributed by atoms with Crippen molar-refractivity contribution in [3.8, 4) is 0 Å². The molecule has 0 spiro atoms. The zero-order valence-corrected chi connectivity index (χ0v) is 10.6. The molecule has 16 heavy (non-hydrogen) atoms. The number of hydrogen-bond donors (Lipinski definition) is 3. The second-order valence-electron chi connectivity index (χ2n) is 4.35. The van der Waals surface area contributed by atoms with Crippen molar-refractivity contribution in [2.75, 3.05) is 13.2 Å². The number of hydrogen-bond acceptors (Lipinski definition) is 2. The van der Waals surface area contributed by atoms with Crippen LogP contribution in [0.3, 0.4) is 0 Å². The molecule has 0 aliphatic heterocycles. The third-order valence-electron chi connectivity index (χ3n) is 2.13. The standard InChI is InChI=1S/C10H14Cl2N2O2/c1-10(2,5-15)4-13-9(16)7-3-6(11)8(12)14-7/h3,14-15H,4-5H2,1-2H3,(H,13,16). The van der Waals surface area contributed by atoms with E-state index in [0.717, 1.165) is 0 Å². The summed E-state index contributed by atoms with van der Waals surface area (Å²) in [7, 11) is 0. The number of aromatic amines is 1. The Labute approximate surface area is 104 Å². The van der Waals surface area contributed by atoms with Crippen LogP contribution in [0.5, 0.6) is 0 Å². The molecule has 0 atom stereocenters. The van der Waals surface area contributed by atoms with Crippen LogP contribution < -0.4 is 5.32 Å². The Morgan fingerprint density at radius 2 is 2.19 bits per heavy atom. The van der Waals surface area contributed by atoms with Gasteiger partial charge in [-0.2, -0.15) is 0 Å². The van der Waals surface area contributed by atoms with Gasteiger partial charge in [-0.25, -0.2) is 0 Å². The quantitative estimate of drug-likeness (QED) is 0.780. The summed E-state index contributed by atoms with van der Waals surface area (Å²) in [6.45, 7) is 4.07. The zero-order chi connectivity index (χ0) is 12.3. The molecule has 0 aliphatic carbocycles. The van der Waals surface area contributed by atoms with E-state index in [1.807, 2.05) is 13.8 Å². The Morgan fingerprint density at radius 3 is 2.62 bits per heavy atom. The molecule has 90 valence electrons. The number of aliphatic hydroxyl groups is 1. The highest BCUT2D eigenvalue weighted by Gasteiger charge is 2.19. The molecule has 0 unspecified atom stereocenters. The Hall–Kier alpha value is -0.710. The van der Waals surface area contributed by atoms with Gasteiger partial charge in [0.1, 0.15) is 10.8 Å². The highest BCUT2D eigenvalue weighted by atomic mass is 35.5. The van der Waals surface area contributed by atoms with Crippen LogP contribution in [-0.4, -0.2) is 29.1 Å². The molecule has 0 aliphatic rings. The molecule has 1 rings (SSSR count). The molecular weight excluding hydrogens is 251 g/mol. The second kappa shape index (κ2) is 5.08. The topological polar surface area (TPSA) is 65.1 Å². The number of aliphatic hydroxyl groups excluding tert-OH is 1. The largest absolute Gasteiger partial charge is 0.396 e. The van der Waals surface area contributed by atoms with Gasteiger partial charge in [0.15, 0.2) is 0 Å². The molecule has 1 heterocycles. The van der Waals surface area contributed by atoms with Gasteiger partial charge in [-0.3, -0.25) is 4.79 Å². The fourth-order valence-corrected chi connectivity index (χ4v) is 1.31. The minimum atomic E-state index is -0.351. The zero-order valence-electron chi connectivity index (χ0n) is 9.10. The first-order valence-corrected chi connectivity index (χ1v) is 5.54. The molecule has 0 saturated heterocycles. The van der Waals surface area contributed by atoms with E-state index < -0.39 is 0 Å². The van der Waals surface area contributed by atoms with Crippen molar-refractivity contribution in [3.63, 3.8) is 0 Å². The van der Waals surface area contributed by atoms with Crippen LogP contribution >= 0.6 is 23.2 Å². The summed E-state index contributed by atoms with van der Waals surface area (Å²) in [5.74, 6) is -0.296. The number of carbonyl (C=O) groups excluding carboxylic acids is 1. The number of carbonyl (C=O) groups is 1. The lowest BCUT2D eigenvalue weighted by atomic mass is 9.95. The Bertz CT molecular complexity index is 369. The van der Waals surface area contributed by atoms with Gasteiger partial charge in [0, 0.05) is 18.6 Å². The Kier molecular flexibility index (Phi) is 4.24. The first-order chi connectivity index (χ1) is 7.35. The van der Waals surface area contributed by atoms with Crippen LogP contribution in [-0.2, 0) is 0 Å². The molecule has 0 radical (unpaired) electrons. The molecule has 1 amide bonds. The van der Waals surface area contributed by atoms with Gasteiger partial charge < -0.3 is 15.4 Å². The van der Waals surface area contributed by atoms with Crippen molar-refractivity contribution >= 4 is 29.1 Å². The second-order valence-corrected chi connectivity index (χ2v) is 5.14. The molecule has 0 bridgehead atoms. The van der Waals surface area contributed by atoms with Gasteiger partial charge in [-0.15, -0.1) is 0 Å². The van der Waals surface area contributed by atoms with E-state index in [0.29, 0.717) is 17.3 Å². The lowest BCUT2D eigenvalue weighted by molar-refractivity contribution is 0.0906. The molecule has 0 aromatic carbocycles. The highest BCUT2D eigenvalue weighted by molar-refractivity contribution is 6.41. The summed E-state index contributed by atoms with van der Waals surface area (Å²) in [6.07, 6.45) is 0. The van der Waals surface area contributed by atoms with Crippen LogP contribution in [0.15, 0.2) is 6.07 Å². The number of amides is 1. The predicted molar refractivity (Wildman–Crippen MR) is 64.0 cm³/mol. The maximum atomic E-state index is 11.6. The first-order valence-electron chi connectivity index (χ1n) is 4.79.